The van der Waals surface area contributed by atoms with E-state index in [1.165, 1.54) is 54.4 Å². The molecule has 13 aromatic rings. The Morgan fingerprint density at radius 1 is 0.338 bits per heavy atom. The molecule has 0 radical (unpaired) electrons. The van der Waals surface area contributed by atoms with Gasteiger partial charge >= 0.3 is 0 Å². The third kappa shape index (κ3) is 5.68. The summed E-state index contributed by atoms with van der Waals surface area (Å²) in [7, 11) is 0. The third-order valence-corrected chi connectivity index (χ3v) is 13.1. The van der Waals surface area contributed by atoms with Crippen LogP contribution in [-0.2, 0) is 0 Å². The zero-order valence-electron chi connectivity index (χ0n) is 35.1. The van der Waals surface area contributed by atoms with Crippen LogP contribution in [-0.4, -0.2) is 18.7 Å². The maximum absolute atomic E-state index is 9.51. The summed E-state index contributed by atoms with van der Waals surface area (Å²) in [6, 6.07) is 80.1. The maximum Gasteiger partial charge on any atom is 0.0991 e. The molecule has 0 saturated carbocycles. The fourth-order valence-electron chi connectivity index (χ4n) is 10.3. The van der Waals surface area contributed by atoms with Gasteiger partial charge in [-0.2, -0.15) is 5.26 Å². The molecule has 0 fully saturated rings. The summed E-state index contributed by atoms with van der Waals surface area (Å²) < 4.78 is 7.21. The van der Waals surface area contributed by atoms with Gasteiger partial charge in [0.1, 0.15) is 0 Å². The minimum absolute atomic E-state index is 0.635. The summed E-state index contributed by atoms with van der Waals surface area (Å²) in [5.74, 6) is 0. The lowest BCUT2D eigenvalue weighted by Crippen LogP contribution is -1.97. The summed E-state index contributed by atoms with van der Waals surface area (Å²) in [4.78, 5) is 5.03. The van der Waals surface area contributed by atoms with Crippen LogP contribution in [0, 0.1) is 11.3 Å². The quantitative estimate of drug-likeness (QED) is 0.168. The van der Waals surface area contributed by atoms with Crippen molar-refractivity contribution in [1.29, 1.82) is 5.26 Å². The van der Waals surface area contributed by atoms with Crippen LogP contribution in [0.5, 0.6) is 0 Å². The van der Waals surface area contributed by atoms with Gasteiger partial charge in [0, 0.05) is 66.7 Å². The maximum atomic E-state index is 9.51. The number of para-hydroxylation sites is 4. The molecule has 0 N–H and O–H groups in total. The Labute approximate surface area is 374 Å². The summed E-state index contributed by atoms with van der Waals surface area (Å²) in [5.41, 5.74) is 17.1. The van der Waals surface area contributed by atoms with Gasteiger partial charge in [0.2, 0.25) is 0 Å². The van der Waals surface area contributed by atoms with Crippen LogP contribution in [0.1, 0.15) is 5.56 Å². The van der Waals surface area contributed by atoms with Crippen molar-refractivity contribution >= 4 is 65.4 Å². The first kappa shape index (κ1) is 36.7. The Bertz CT molecular complexity index is 3770. The Hall–Kier alpha value is -8.98. The van der Waals surface area contributed by atoms with Crippen molar-refractivity contribution in [3.63, 3.8) is 0 Å². The van der Waals surface area contributed by atoms with Crippen LogP contribution in [0.4, 0.5) is 0 Å². The normalized spacial score (nSPS) is 11.7. The molecule has 0 aliphatic heterocycles. The lowest BCUT2D eigenvalue weighted by atomic mass is 9.91. The lowest BCUT2D eigenvalue weighted by molar-refractivity contribution is 1.16. The molecule has 0 atom stereocenters. The highest BCUT2D eigenvalue weighted by molar-refractivity contribution is 6.14. The van der Waals surface area contributed by atoms with E-state index in [9.17, 15) is 5.26 Å². The van der Waals surface area contributed by atoms with Crippen molar-refractivity contribution in [3.05, 3.63) is 230 Å². The summed E-state index contributed by atoms with van der Waals surface area (Å²) in [5, 5.41) is 16.8. The van der Waals surface area contributed by atoms with Crippen LogP contribution < -0.4 is 0 Å². The highest BCUT2D eigenvalue weighted by Gasteiger charge is 2.20. The molecule has 0 bridgehead atoms. The second-order valence-corrected chi connectivity index (χ2v) is 16.7. The van der Waals surface area contributed by atoms with Gasteiger partial charge in [-0.15, -0.1) is 0 Å². The Morgan fingerprint density at radius 3 is 1.25 bits per heavy atom. The van der Waals surface area contributed by atoms with E-state index < -0.39 is 0 Å². The van der Waals surface area contributed by atoms with E-state index in [0.29, 0.717) is 5.56 Å². The van der Waals surface area contributed by atoms with Crippen molar-refractivity contribution in [2.75, 3.05) is 0 Å². The SMILES string of the molecule is N#Cc1ccc(-c2ccnc(-c3ccc(-n4c5ccc(-n6c7ccccc7c7ccccc76)cc5c5cc(-n6c7ccccc7c7ccccc76)ccc54)cc3)c2-c2ccccc2)cc1. The molecule has 13 rings (SSSR count). The van der Waals surface area contributed by atoms with Gasteiger partial charge in [0.25, 0.3) is 0 Å². The molecular formula is C60H37N5. The fraction of sp³-hybridized carbons (Fsp3) is 0. The molecule has 0 saturated heterocycles. The molecule has 302 valence electrons. The Balaban J connectivity index is 1.02. The highest BCUT2D eigenvalue weighted by Crippen LogP contribution is 2.42. The van der Waals surface area contributed by atoms with Crippen LogP contribution in [0.2, 0.25) is 0 Å². The number of pyridine rings is 1. The Kier molecular flexibility index (Phi) is 8.21. The lowest BCUT2D eigenvalue weighted by Gasteiger charge is -2.16. The zero-order chi connectivity index (χ0) is 43.0. The average molecular weight is 828 g/mol. The number of hydrogen-bond donors (Lipinski definition) is 0. The molecule has 5 heteroatoms. The topological polar surface area (TPSA) is 51.5 Å². The number of aromatic nitrogens is 4. The van der Waals surface area contributed by atoms with Crippen molar-refractivity contribution in [2.45, 2.75) is 0 Å². The van der Waals surface area contributed by atoms with E-state index in [1.807, 2.05) is 36.5 Å². The summed E-state index contributed by atoms with van der Waals surface area (Å²) in [6.07, 6.45) is 1.89. The molecule has 65 heavy (non-hydrogen) atoms. The van der Waals surface area contributed by atoms with E-state index in [4.69, 9.17) is 4.98 Å². The van der Waals surface area contributed by atoms with E-state index in [0.717, 1.165) is 61.6 Å². The molecular weight excluding hydrogens is 791 g/mol. The van der Waals surface area contributed by atoms with Crippen molar-refractivity contribution in [3.8, 4) is 56.6 Å². The van der Waals surface area contributed by atoms with E-state index >= 15 is 0 Å². The summed E-state index contributed by atoms with van der Waals surface area (Å²) >= 11 is 0. The average Bonchev–Trinajstić information content (AvgIpc) is 4.02. The molecule has 0 aliphatic rings. The second kappa shape index (κ2) is 14.6. The predicted molar refractivity (Wildman–Crippen MR) is 268 cm³/mol. The molecule has 4 heterocycles. The first-order valence-corrected chi connectivity index (χ1v) is 21.9. The molecule has 0 amide bonds. The molecule has 0 spiro atoms. The molecule has 9 aromatic carbocycles. The minimum Gasteiger partial charge on any atom is -0.309 e. The molecule has 0 unspecified atom stereocenters. The molecule has 0 aliphatic carbocycles. The van der Waals surface area contributed by atoms with Crippen molar-refractivity contribution < 1.29 is 0 Å². The molecule has 4 aromatic heterocycles. The van der Waals surface area contributed by atoms with Gasteiger partial charge in [0.15, 0.2) is 0 Å². The number of nitriles is 1. The van der Waals surface area contributed by atoms with Crippen LogP contribution in [0.25, 0.3) is 116 Å². The van der Waals surface area contributed by atoms with Crippen LogP contribution in [0.15, 0.2) is 225 Å². The van der Waals surface area contributed by atoms with Crippen LogP contribution >= 0.6 is 0 Å². The van der Waals surface area contributed by atoms with Gasteiger partial charge < -0.3 is 13.7 Å². The second-order valence-electron chi connectivity index (χ2n) is 16.7. The number of hydrogen-bond acceptors (Lipinski definition) is 2. The van der Waals surface area contributed by atoms with Crippen molar-refractivity contribution in [2.24, 2.45) is 0 Å². The number of fused-ring (bicyclic) bond motifs is 9. The standard InChI is InChI=1S/C60H37N5/c61-38-39-22-24-40(25-23-39)46-34-35-62-60(59(46)41-12-2-1-3-13-41)42-26-28-43(29-27-42)63-57-32-30-44(64-53-18-8-4-14-47(53)48-15-5-9-19-54(48)64)36-51(57)52-37-45(31-33-58(52)63)65-55-20-10-6-16-49(55)50-17-7-11-21-56(50)65/h1-37H. The van der Waals surface area contributed by atoms with E-state index in [1.54, 1.807) is 0 Å². The predicted octanol–water partition coefficient (Wildman–Crippen LogP) is 15.2. The zero-order valence-corrected chi connectivity index (χ0v) is 35.1. The third-order valence-electron chi connectivity index (χ3n) is 13.1. The van der Waals surface area contributed by atoms with Gasteiger partial charge in [-0.05, 0) is 108 Å². The van der Waals surface area contributed by atoms with Gasteiger partial charge in [0.05, 0.1) is 50.4 Å². The number of benzene rings is 9. The van der Waals surface area contributed by atoms with E-state index in [2.05, 4.69) is 208 Å². The first-order chi connectivity index (χ1) is 32.2. The van der Waals surface area contributed by atoms with Gasteiger partial charge in [-0.1, -0.05) is 127 Å². The highest BCUT2D eigenvalue weighted by atomic mass is 15.0. The summed E-state index contributed by atoms with van der Waals surface area (Å²) in [6.45, 7) is 0. The first-order valence-electron chi connectivity index (χ1n) is 21.9. The van der Waals surface area contributed by atoms with Gasteiger partial charge in [-0.25, -0.2) is 0 Å². The smallest absolute Gasteiger partial charge is 0.0991 e. The number of rotatable bonds is 6. The van der Waals surface area contributed by atoms with Gasteiger partial charge in [-0.3, -0.25) is 4.98 Å². The monoisotopic (exact) mass is 827 g/mol. The largest absolute Gasteiger partial charge is 0.309 e. The Morgan fingerprint density at radius 2 is 0.754 bits per heavy atom. The fourth-order valence-corrected chi connectivity index (χ4v) is 10.3. The number of nitrogens with zero attached hydrogens (tertiary/aromatic N) is 5. The molecule has 5 nitrogen and oxygen atoms in total. The van der Waals surface area contributed by atoms with Crippen LogP contribution in [0.3, 0.4) is 0 Å². The van der Waals surface area contributed by atoms with E-state index in [-0.39, 0.29) is 0 Å². The minimum atomic E-state index is 0.635. The van der Waals surface area contributed by atoms with Crippen molar-refractivity contribution in [1.82, 2.24) is 18.7 Å².